The van der Waals surface area contributed by atoms with Crippen molar-refractivity contribution in [3.8, 4) is 0 Å². The summed E-state index contributed by atoms with van der Waals surface area (Å²) in [6, 6.07) is 6.71. The van der Waals surface area contributed by atoms with Crippen LogP contribution in [0.2, 0.25) is 0 Å². The van der Waals surface area contributed by atoms with Crippen LogP contribution < -0.4 is 10.6 Å². The lowest BCUT2D eigenvalue weighted by molar-refractivity contribution is 0.258. The molecular weight excluding hydrogens is 278 g/mol. The molecule has 1 unspecified atom stereocenters. The number of benzene rings is 1. The molecule has 3 nitrogen and oxygen atoms in total. The van der Waals surface area contributed by atoms with Gasteiger partial charge in [-0.05, 0) is 45.1 Å². The maximum absolute atomic E-state index is 6.07. The van der Waals surface area contributed by atoms with Gasteiger partial charge in [0.05, 0.1) is 11.4 Å². The lowest BCUT2D eigenvalue weighted by atomic mass is 10.0. The minimum atomic E-state index is 0.627. The van der Waals surface area contributed by atoms with Crippen molar-refractivity contribution in [2.75, 3.05) is 37.8 Å². The Balaban J connectivity index is 2.18. The van der Waals surface area contributed by atoms with E-state index in [0.717, 1.165) is 28.9 Å². The highest BCUT2D eigenvalue weighted by molar-refractivity contribution is 9.10. The minimum Gasteiger partial charge on any atom is -0.397 e. The number of nitrogens with zero attached hydrogens (tertiary/aromatic N) is 2. The zero-order valence-electron chi connectivity index (χ0n) is 10.5. The number of nitrogens with two attached hydrogens (primary N) is 1. The van der Waals surface area contributed by atoms with Crippen LogP contribution >= 0.6 is 15.9 Å². The molecular formula is C13H20BrN3. The van der Waals surface area contributed by atoms with Crippen LogP contribution in [0.1, 0.15) is 12.8 Å². The fraction of sp³-hybridized carbons (Fsp3) is 0.538. The van der Waals surface area contributed by atoms with E-state index in [1.54, 1.807) is 0 Å². The largest absolute Gasteiger partial charge is 0.397 e. The van der Waals surface area contributed by atoms with Gasteiger partial charge in [-0.25, -0.2) is 0 Å². The second kappa shape index (κ2) is 5.27. The Hall–Kier alpha value is -0.740. The van der Waals surface area contributed by atoms with E-state index in [4.69, 9.17) is 5.73 Å². The third kappa shape index (κ3) is 2.93. The first kappa shape index (κ1) is 12.7. The Bertz CT molecular complexity index is 392. The van der Waals surface area contributed by atoms with Gasteiger partial charge >= 0.3 is 0 Å². The molecule has 0 spiro atoms. The average Bonchev–Trinajstić information content (AvgIpc) is 2.32. The molecule has 2 N–H and O–H groups in total. The highest BCUT2D eigenvalue weighted by Crippen LogP contribution is 2.29. The summed E-state index contributed by atoms with van der Waals surface area (Å²) < 4.78 is 1.09. The van der Waals surface area contributed by atoms with Crippen LogP contribution in [0, 0.1) is 0 Å². The fourth-order valence-corrected chi connectivity index (χ4v) is 2.73. The number of hydrogen-bond acceptors (Lipinski definition) is 3. The molecule has 1 heterocycles. The number of nitrogen functional groups attached to an aromatic ring is 1. The van der Waals surface area contributed by atoms with Gasteiger partial charge in [0, 0.05) is 23.6 Å². The summed E-state index contributed by atoms with van der Waals surface area (Å²) in [5.74, 6) is 0. The molecule has 1 aliphatic heterocycles. The van der Waals surface area contributed by atoms with E-state index in [1.165, 1.54) is 12.8 Å². The van der Waals surface area contributed by atoms with Gasteiger partial charge in [0.2, 0.25) is 0 Å². The second-order valence-corrected chi connectivity index (χ2v) is 5.82. The van der Waals surface area contributed by atoms with Gasteiger partial charge in [-0.1, -0.05) is 15.9 Å². The molecule has 17 heavy (non-hydrogen) atoms. The Labute approximate surface area is 112 Å². The Morgan fingerprint density at radius 2 is 2.18 bits per heavy atom. The van der Waals surface area contributed by atoms with Crippen molar-refractivity contribution in [2.24, 2.45) is 0 Å². The number of likely N-dealkylation sites (N-methyl/N-ethyl adjacent to an activating group) is 1. The molecule has 4 heteroatoms. The van der Waals surface area contributed by atoms with Gasteiger partial charge in [-0.15, -0.1) is 0 Å². The highest BCUT2D eigenvalue weighted by atomic mass is 79.9. The van der Waals surface area contributed by atoms with Gasteiger partial charge in [-0.3, -0.25) is 0 Å². The van der Waals surface area contributed by atoms with Gasteiger partial charge in [0.25, 0.3) is 0 Å². The van der Waals surface area contributed by atoms with E-state index >= 15 is 0 Å². The molecule has 1 aromatic carbocycles. The van der Waals surface area contributed by atoms with E-state index in [2.05, 4.69) is 45.9 Å². The maximum atomic E-state index is 6.07. The smallest absolute Gasteiger partial charge is 0.0611 e. The minimum absolute atomic E-state index is 0.627. The molecule has 1 aliphatic rings. The zero-order valence-corrected chi connectivity index (χ0v) is 12.1. The van der Waals surface area contributed by atoms with E-state index in [0.29, 0.717) is 6.04 Å². The normalized spacial score (nSPS) is 20.9. The number of anilines is 2. The summed E-state index contributed by atoms with van der Waals surface area (Å²) in [7, 11) is 4.30. The van der Waals surface area contributed by atoms with Crippen molar-refractivity contribution in [1.29, 1.82) is 0 Å². The average molecular weight is 298 g/mol. The van der Waals surface area contributed by atoms with Gasteiger partial charge in [-0.2, -0.15) is 0 Å². The summed E-state index contributed by atoms with van der Waals surface area (Å²) in [5.41, 5.74) is 8.09. The molecule has 0 bridgehead atoms. The van der Waals surface area contributed by atoms with Crippen LogP contribution in [-0.2, 0) is 0 Å². The van der Waals surface area contributed by atoms with Crippen molar-refractivity contribution >= 4 is 27.3 Å². The van der Waals surface area contributed by atoms with E-state index in [9.17, 15) is 0 Å². The first-order valence-corrected chi connectivity index (χ1v) is 6.83. The molecule has 1 saturated heterocycles. The number of hydrogen-bond donors (Lipinski definition) is 1. The zero-order chi connectivity index (χ0) is 12.4. The molecule has 0 aromatic heterocycles. The van der Waals surface area contributed by atoms with E-state index in [1.807, 2.05) is 12.1 Å². The number of halogens is 1. The lowest BCUT2D eigenvalue weighted by Crippen LogP contribution is -2.45. The van der Waals surface area contributed by atoms with Crippen molar-refractivity contribution in [3.05, 3.63) is 22.7 Å². The summed E-state index contributed by atoms with van der Waals surface area (Å²) in [6.45, 7) is 2.17. The first-order valence-electron chi connectivity index (χ1n) is 6.04. The van der Waals surface area contributed by atoms with Crippen molar-refractivity contribution in [2.45, 2.75) is 18.9 Å². The molecule has 94 valence electrons. The molecule has 0 radical (unpaired) electrons. The standard InChI is InChI=1S/C13H20BrN3/c1-16(2)11-4-3-7-17(9-11)13-8-10(14)5-6-12(13)15/h5-6,8,11H,3-4,7,9,15H2,1-2H3. The van der Waals surface area contributed by atoms with Crippen LogP contribution in [0.15, 0.2) is 22.7 Å². The van der Waals surface area contributed by atoms with E-state index in [-0.39, 0.29) is 0 Å². The molecule has 0 amide bonds. The van der Waals surface area contributed by atoms with Crippen molar-refractivity contribution in [3.63, 3.8) is 0 Å². The predicted octanol–water partition coefficient (Wildman–Crippen LogP) is 2.56. The molecule has 1 aromatic rings. The first-order chi connectivity index (χ1) is 8.08. The van der Waals surface area contributed by atoms with Gasteiger partial charge < -0.3 is 15.5 Å². The summed E-state index contributed by atoms with van der Waals surface area (Å²) in [4.78, 5) is 4.70. The maximum Gasteiger partial charge on any atom is 0.0611 e. The van der Waals surface area contributed by atoms with Crippen LogP contribution in [0.3, 0.4) is 0 Å². The number of rotatable bonds is 2. The monoisotopic (exact) mass is 297 g/mol. The van der Waals surface area contributed by atoms with Crippen LogP contribution in [0.4, 0.5) is 11.4 Å². The molecule has 1 fully saturated rings. The summed E-state index contributed by atoms with van der Waals surface area (Å²) in [6.07, 6.45) is 2.51. The molecule has 0 aliphatic carbocycles. The second-order valence-electron chi connectivity index (χ2n) is 4.91. The van der Waals surface area contributed by atoms with Crippen molar-refractivity contribution in [1.82, 2.24) is 4.90 Å². The molecule has 2 rings (SSSR count). The van der Waals surface area contributed by atoms with Crippen LogP contribution in [0.5, 0.6) is 0 Å². The van der Waals surface area contributed by atoms with Crippen LogP contribution in [-0.4, -0.2) is 38.1 Å². The summed E-state index contributed by atoms with van der Waals surface area (Å²) >= 11 is 3.51. The fourth-order valence-electron chi connectivity index (χ4n) is 2.39. The highest BCUT2D eigenvalue weighted by Gasteiger charge is 2.22. The summed E-state index contributed by atoms with van der Waals surface area (Å²) in [5, 5.41) is 0. The van der Waals surface area contributed by atoms with Crippen LogP contribution in [0.25, 0.3) is 0 Å². The molecule has 1 atom stereocenters. The Kier molecular flexibility index (Phi) is 3.94. The van der Waals surface area contributed by atoms with E-state index < -0.39 is 0 Å². The molecule has 0 saturated carbocycles. The Morgan fingerprint density at radius 3 is 2.88 bits per heavy atom. The lowest BCUT2D eigenvalue weighted by Gasteiger charge is -2.38. The van der Waals surface area contributed by atoms with Crippen molar-refractivity contribution < 1.29 is 0 Å². The number of piperidine rings is 1. The predicted molar refractivity (Wildman–Crippen MR) is 77.5 cm³/mol. The quantitative estimate of drug-likeness (QED) is 0.852. The SMILES string of the molecule is CN(C)C1CCCN(c2cc(Br)ccc2N)C1. The topological polar surface area (TPSA) is 32.5 Å². The third-order valence-corrected chi connectivity index (χ3v) is 3.95. The Morgan fingerprint density at radius 1 is 1.41 bits per heavy atom. The van der Waals surface area contributed by atoms with Gasteiger partial charge in [0.15, 0.2) is 0 Å². The third-order valence-electron chi connectivity index (χ3n) is 3.46. The van der Waals surface area contributed by atoms with Gasteiger partial charge in [0.1, 0.15) is 0 Å².